The Morgan fingerprint density at radius 2 is 2.13 bits per heavy atom. The SMILES string of the molecule is CN(CCC(=O)Nc1cc(Cl)ccc1Cl)C1CCCNCC1.Cl. The summed E-state index contributed by atoms with van der Waals surface area (Å²) in [5.74, 6) is -0.0391. The summed E-state index contributed by atoms with van der Waals surface area (Å²) in [5.41, 5.74) is 0.570. The average Bonchev–Trinajstić information content (AvgIpc) is 2.78. The minimum absolute atomic E-state index is 0. The molecule has 0 saturated carbocycles. The Labute approximate surface area is 154 Å². The van der Waals surface area contributed by atoms with E-state index in [0.29, 0.717) is 28.2 Å². The summed E-state index contributed by atoms with van der Waals surface area (Å²) < 4.78 is 0. The maximum absolute atomic E-state index is 12.1. The van der Waals surface area contributed by atoms with Crippen molar-refractivity contribution in [3.05, 3.63) is 28.2 Å². The molecule has 1 amide bonds. The molecule has 1 heterocycles. The van der Waals surface area contributed by atoms with Crippen molar-refractivity contribution in [3.8, 4) is 0 Å². The number of halogens is 3. The molecule has 23 heavy (non-hydrogen) atoms. The lowest BCUT2D eigenvalue weighted by Crippen LogP contribution is -2.34. The highest BCUT2D eigenvalue weighted by Gasteiger charge is 2.17. The van der Waals surface area contributed by atoms with Gasteiger partial charge >= 0.3 is 0 Å². The molecule has 1 unspecified atom stereocenters. The summed E-state index contributed by atoms with van der Waals surface area (Å²) in [6.45, 7) is 2.89. The van der Waals surface area contributed by atoms with E-state index in [2.05, 4.69) is 22.6 Å². The van der Waals surface area contributed by atoms with Crippen molar-refractivity contribution in [3.63, 3.8) is 0 Å². The van der Waals surface area contributed by atoms with Gasteiger partial charge in [0, 0.05) is 24.0 Å². The molecular weight excluding hydrogens is 357 g/mol. The standard InChI is InChI=1S/C16H23Cl2N3O.ClH/c1-21(13-3-2-8-19-9-6-13)10-7-16(22)20-15-11-12(17)4-5-14(15)18;/h4-5,11,13,19H,2-3,6-10H2,1H3,(H,20,22);1H. The molecule has 1 aliphatic heterocycles. The van der Waals surface area contributed by atoms with Gasteiger partial charge in [-0.15, -0.1) is 12.4 Å². The molecule has 1 atom stereocenters. The maximum Gasteiger partial charge on any atom is 0.225 e. The largest absolute Gasteiger partial charge is 0.325 e. The van der Waals surface area contributed by atoms with Crippen LogP contribution in [0.4, 0.5) is 5.69 Å². The number of amides is 1. The average molecular weight is 381 g/mol. The number of rotatable bonds is 5. The van der Waals surface area contributed by atoms with Gasteiger partial charge in [-0.1, -0.05) is 23.2 Å². The van der Waals surface area contributed by atoms with Crippen LogP contribution in [-0.4, -0.2) is 43.5 Å². The van der Waals surface area contributed by atoms with Crippen molar-refractivity contribution in [2.45, 2.75) is 31.7 Å². The van der Waals surface area contributed by atoms with E-state index in [4.69, 9.17) is 23.2 Å². The second-order valence-corrected chi connectivity index (χ2v) is 6.58. The first-order valence-corrected chi connectivity index (χ1v) is 8.47. The van der Waals surface area contributed by atoms with Crippen molar-refractivity contribution >= 4 is 47.2 Å². The monoisotopic (exact) mass is 379 g/mol. The van der Waals surface area contributed by atoms with E-state index in [0.717, 1.165) is 26.1 Å². The molecule has 0 aromatic heterocycles. The number of benzene rings is 1. The van der Waals surface area contributed by atoms with Crippen molar-refractivity contribution in [1.29, 1.82) is 0 Å². The maximum atomic E-state index is 12.1. The van der Waals surface area contributed by atoms with E-state index in [-0.39, 0.29) is 18.3 Å². The molecule has 130 valence electrons. The van der Waals surface area contributed by atoms with Crippen LogP contribution in [-0.2, 0) is 4.79 Å². The summed E-state index contributed by atoms with van der Waals surface area (Å²) in [6, 6.07) is 5.61. The van der Waals surface area contributed by atoms with E-state index in [9.17, 15) is 4.79 Å². The number of hydrogen-bond donors (Lipinski definition) is 2. The molecule has 1 aliphatic rings. The number of nitrogens with zero attached hydrogens (tertiary/aromatic N) is 1. The predicted octanol–water partition coefficient (Wildman–Crippen LogP) is 3.82. The predicted molar refractivity (Wildman–Crippen MR) is 100 cm³/mol. The van der Waals surface area contributed by atoms with Gasteiger partial charge in [0.25, 0.3) is 0 Å². The second-order valence-electron chi connectivity index (χ2n) is 5.74. The Balaban J connectivity index is 0.00000264. The smallest absolute Gasteiger partial charge is 0.225 e. The Morgan fingerprint density at radius 3 is 2.91 bits per heavy atom. The minimum Gasteiger partial charge on any atom is -0.325 e. The summed E-state index contributed by atoms with van der Waals surface area (Å²) in [6.07, 6.45) is 3.96. The molecule has 0 bridgehead atoms. The summed E-state index contributed by atoms with van der Waals surface area (Å²) in [4.78, 5) is 14.4. The molecule has 0 radical (unpaired) electrons. The van der Waals surface area contributed by atoms with E-state index in [1.165, 1.54) is 12.8 Å². The summed E-state index contributed by atoms with van der Waals surface area (Å²) >= 11 is 12.0. The number of nitrogens with one attached hydrogen (secondary N) is 2. The molecule has 4 nitrogen and oxygen atoms in total. The van der Waals surface area contributed by atoms with Crippen LogP contribution in [0.3, 0.4) is 0 Å². The van der Waals surface area contributed by atoms with Gasteiger partial charge in [-0.2, -0.15) is 0 Å². The molecular formula is C16H24Cl3N3O. The van der Waals surface area contributed by atoms with Gasteiger partial charge in [-0.05, 0) is 57.6 Å². The quantitative estimate of drug-likeness (QED) is 0.816. The summed E-state index contributed by atoms with van der Waals surface area (Å²) in [7, 11) is 2.09. The van der Waals surface area contributed by atoms with Gasteiger partial charge in [0.2, 0.25) is 5.91 Å². The first kappa shape index (κ1) is 20.5. The molecule has 1 aromatic rings. The van der Waals surface area contributed by atoms with Crippen LogP contribution < -0.4 is 10.6 Å². The molecule has 0 aliphatic carbocycles. The fourth-order valence-electron chi connectivity index (χ4n) is 2.71. The van der Waals surface area contributed by atoms with Gasteiger partial charge in [0.1, 0.15) is 0 Å². The Bertz CT molecular complexity index is 505. The zero-order valence-electron chi connectivity index (χ0n) is 13.3. The first-order valence-electron chi connectivity index (χ1n) is 7.72. The van der Waals surface area contributed by atoms with Gasteiger partial charge in [-0.3, -0.25) is 4.79 Å². The van der Waals surface area contributed by atoms with E-state index < -0.39 is 0 Å². The lowest BCUT2D eigenvalue weighted by atomic mass is 10.1. The fourth-order valence-corrected chi connectivity index (χ4v) is 3.04. The van der Waals surface area contributed by atoms with Crippen molar-refractivity contribution in [2.24, 2.45) is 0 Å². The van der Waals surface area contributed by atoms with Crippen LogP contribution in [0, 0.1) is 0 Å². The van der Waals surface area contributed by atoms with E-state index in [1.54, 1.807) is 18.2 Å². The zero-order valence-corrected chi connectivity index (χ0v) is 15.6. The number of carbonyl (C=O) groups excluding carboxylic acids is 1. The highest BCUT2D eigenvalue weighted by Crippen LogP contribution is 2.25. The van der Waals surface area contributed by atoms with E-state index in [1.807, 2.05) is 0 Å². The van der Waals surface area contributed by atoms with E-state index >= 15 is 0 Å². The topological polar surface area (TPSA) is 44.4 Å². The third-order valence-corrected chi connectivity index (χ3v) is 4.63. The van der Waals surface area contributed by atoms with Gasteiger partial charge in [0.15, 0.2) is 0 Å². The van der Waals surface area contributed by atoms with Gasteiger partial charge in [-0.25, -0.2) is 0 Å². The number of carbonyl (C=O) groups is 1. The lowest BCUT2D eigenvalue weighted by Gasteiger charge is -2.26. The minimum atomic E-state index is -0.0391. The third-order valence-electron chi connectivity index (χ3n) is 4.06. The molecule has 2 N–H and O–H groups in total. The van der Waals surface area contributed by atoms with Gasteiger partial charge in [0.05, 0.1) is 10.7 Å². The molecule has 1 fully saturated rings. The van der Waals surface area contributed by atoms with Crippen LogP contribution in [0.1, 0.15) is 25.7 Å². The van der Waals surface area contributed by atoms with Crippen molar-refractivity contribution < 1.29 is 4.79 Å². The Kier molecular flexibility index (Phi) is 9.25. The highest BCUT2D eigenvalue weighted by molar-refractivity contribution is 6.35. The molecule has 7 heteroatoms. The zero-order chi connectivity index (χ0) is 15.9. The second kappa shape index (κ2) is 10.4. The normalized spacial score (nSPS) is 18.2. The fraction of sp³-hybridized carbons (Fsp3) is 0.562. The van der Waals surface area contributed by atoms with Gasteiger partial charge < -0.3 is 15.5 Å². The lowest BCUT2D eigenvalue weighted by molar-refractivity contribution is -0.116. The highest BCUT2D eigenvalue weighted by atomic mass is 35.5. The third kappa shape index (κ3) is 6.86. The molecule has 0 spiro atoms. The molecule has 1 aromatic carbocycles. The van der Waals surface area contributed by atoms with Crippen molar-refractivity contribution in [2.75, 3.05) is 32.0 Å². The first-order chi connectivity index (χ1) is 10.6. The van der Waals surface area contributed by atoms with Crippen LogP contribution in [0.25, 0.3) is 0 Å². The van der Waals surface area contributed by atoms with Crippen LogP contribution in [0.2, 0.25) is 10.0 Å². The van der Waals surface area contributed by atoms with Crippen LogP contribution in [0.15, 0.2) is 18.2 Å². The van der Waals surface area contributed by atoms with Crippen molar-refractivity contribution in [1.82, 2.24) is 10.2 Å². The van der Waals surface area contributed by atoms with Crippen LogP contribution in [0.5, 0.6) is 0 Å². The number of hydrogen-bond acceptors (Lipinski definition) is 3. The summed E-state index contributed by atoms with van der Waals surface area (Å²) in [5, 5.41) is 7.29. The Hall–Kier alpha value is -0.520. The van der Waals surface area contributed by atoms with Crippen LogP contribution >= 0.6 is 35.6 Å². The molecule has 2 rings (SSSR count). The Morgan fingerprint density at radius 1 is 1.35 bits per heavy atom. The molecule has 1 saturated heterocycles. The number of anilines is 1.